The molecule has 0 aromatic carbocycles. The van der Waals surface area contributed by atoms with Gasteiger partial charge >= 0.3 is 0 Å². The maximum atomic E-state index is 11.6. The summed E-state index contributed by atoms with van der Waals surface area (Å²) in [6.45, 7) is 3.05. The standard InChI is InChI=1S/C3H4ClFS/c1-2-3(4,5)6/h2,6H,1H2. The molecule has 0 saturated heterocycles. The molecule has 6 heavy (non-hydrogen) atoms. The Labute approximate surface area is 46.4 Å². The summed E-state index contributed by atoms with van der Waals surface area (Å²) in [7, 11) is 0. The normalized spacial score (nSPS) is 19.2. The Morgan fingerprint density at radius 3 is 2.17 bits per heavy atom. The SMILES string of the molecule is C=CC(F)(S)Cl. The highest BCUT2D eigenvalue weighted by molar-refractivity contribution is 7.83. The highest BCUT2D eigenvalue weighted by Crippen LogP contribution is 2.21. The zero-order valence-corrected chi connectivity index (χ0v) is 4.64. The molecule has 0 bridgehead atoms. The van der Waals surface area contributed by atoms with Gasteiger partial charge in [0.05, 0.1) is 0 Å². The van der Waals surface area contributed by atoms with Crippen LogP contribution in [-0.4, -0.2) is 4.46 Å². The summed E-state index contributed by atoms with van der Waals surface area (Å²) in [6, 6.07) is 0. The number of halogens is 2. The van der Waals surface area contributed by atoms with Gasteiger partial charge in [-0.05, 0) is 6.08 Å². The number of hydrogen-bond donors (Lipinski definition) is 1. The van der Waals surface area contributed by atoms with Gasteiger partial charge in [0.2, 0.25) is 4.46 Å². The number of alkyl halides is 2. The van der Waals surface area contributed by atoms with E-state index in [1.807, 2.05) is 0 Å². The molecular weight excluding hydrogens is 123 g/mol. The zero-order valence-electron chi connectivity index (χ0n) is 2.99. The van der Waals surface area contributed by atoms with E-state index in [4.69, 9.17) is 11.6 Å². The minimum Gasteiger partial charge on any atom is -0.209 e. The maximum Gasteiger partial charge on any atom is 0.245 e. The van der Waals surface area contributed by atoms with Gasteiger partial charge in [-0.1, -0.05) is 18.2 Å². The van der Waals surface area contributed by atoms with Crippen LogP contribution in [0.4, 0.5) is 4.39 Å². The smallest absolute Gasteiger partial charge is 0.209 e. The Hall–Kier alpha value is 0.310. The molecule has 36 valence electrons. The lowest BCUT2D eigenvalue weighted by Gasteiger charge is -1.98. The average molecular weight is 127 g/mol. The fourth-order valence-corrected chi connectivity index (χ4v) is 0. The molecule has 0 rings (SSSR count). The van der Waals surface area contributed by atoms with E-state index in [1.54, 1.807) is 0 Å². The molecule has 0 radical (unpaired) electrons. The van der Waals surface area contributed by atoms with Crippen LogP contribution in [-0.2, 0) is 0 Å². The van der Waals surface area contributed by atoms with Gasteiger partial charge in [-0.2, -0.15) is 0 Å². The topological polar surface area (TPSA) is 0 Å². The van der Waals surface area contributed by atoms with Crippen LogP contribution in [0.25, 0.3) is 0 Å². The van der Waals surface area contributed by atoms with E-state index in [0.717, 1.165) is 6.08 Å². The van der Waals surface area contributed by atoms with Crippen molar-refractivity contribution in [2.45, 2.75) is 4.46 Å². The maximum absolute atomic E-state index is 11.6. The quantitative estimate of drug-likeness (QED) is 0.310. The summed E-state index contributed by atoms with van der Waals surface area (Å²) >= 11 is 8.03. The van der Waals surface area contributed by atoms with Gasteiger partial charge in [0.25, 0.3) is 0 Å². The summed E-state index contributed by atoms with van der Waals surface area (Å²) in [5.41, 5.74) is 0. The van der Waals surface area contributed by atoms with E-state index in [0.29, 0.717) is 0 Å². The Morgan fingerprint density at radius 2 is 2.17 bits per heavy atom. The zero-order chi connectivity index (χ0) is 5.21. The Kier molecular flexibility index (Phi) is 1.94. The Morgan fingerprint density at radius 1 is 2.00 bits per heavy atom. The first-order chi connectivity index (χ1) is 2.56. The van der Waals surface area contributed by atoms with Gasteiger partial charge in [-0.3, -0.25) is 0 Å². The molecule has 3 heteroatoms. The summed E-state index contributed by atoms with van der Waals surface area (Å²) in [6.07, 6.45) is 0.900. The second-order valence-electron chi connectivity index (χ2n) is 0.792. The van der Waals surface area contributed by atoms with Crippen molar-refractivity contribution in [1.82, 2.24) is 0 Å². The van der Waals surface area contributed by atoms with Crippen LogP contribution in [0.1, 0.15) is 0 Å². The molecule has 1 atom stereocenters. The third-order valence-electron chi connectivity index (χ3n) is 0.246. The van der Waals surface area contributed by atoms with Gasteiger partial charge in [-0.25, -0.2) is 4.39 Å². The lowest BCUT2D eigenvalue weighted by Crippen LogP contribution is -1.94. The van der Waals surface area contributed by atoms with Crippen molar-refractivity contribution in [3.63, 3.8) is 0 Å². The fourth-order valence-electron chi connectivity index (χ4n) is 0. The second kappa shape index (κ2) is 1.85. The van der Waals surface area contributed by atoms with E-state index >= 15 is 0 Å². The molecule has 0 aliphatic rings. The van der Waals surface area contributed by atoms with Gasteiger partial charge in [0.1, 0.15) is 0 Å². The molecule has 0 saturated carbocycles. The highest BCUT2D eigenvalue weighted by atomic mass is 35.5. The second-order valence-corrected chi connectivity index (χ2v) is 2.26. The Bertz CT molecular complexity index is 56.3. The van der Waals surface area contributed by atoms with Crippen molar-refractivity contribution >= 4 is 24.2 Å². The molecule has 0 aliphatic carbocycles. The number of rotatable bonds is 1. The molecule has 0 spiro atoms. The van der Waals surface area contributed by atoms with Crippen molar-refractivity contribution in [2.24, 2.45) is 0 Å². The number of hydrogen-bond acceptors (Lipinski definition) is 1. The first kappa shape index (κ1) is 6.31. The first-order valence-electron chi connectivity index (χ1n) is 1.30. The molecule has 0 aromatic rings. The predicted octanol–water partition coefficient (Wildman–Crippen LogP) is 1.96. The molecule has 0 N–H and O–H groups in total. The van der Waals surface area contributed by atoms with Crippen LogP contribution in [0.2, 0.25) is 0 Å². The molecule has 1 unspecified atom stereocenters. The van der Waals surface area contributed by atoms with Crippen LogP contribution < -0.4 is 0 Å². The molecular formula is C3H4ClFS. The molecule has 0 aliphatic heterocycles. The average Bonchev–Trinajstić information content (AvgIpc) is 1.35. The van der Waals surface area contributed by atoms with Gasteiger partial charge in [0, 0.05) is 0 Å². The summed E-state index contributed by atoms with van der Waals surface area (Å²) in [5, 5.41) is 0. The Balaban J connectivity index is 3.45. The monoisotopic (exact) mass is 126 g/mol. The first-order valence-corrected chi connectivity index (χ1v) is 2.12. The molecule has 0 heterocycles. The van der Waals surface area contributed by atoms with Crippen LogP contribution >= 0.6 is 24.2 Å². The van der Waals surface area contributed by atoms with Gasteiger partial charge < -0.3 is 0 Å². The van der Waals surface area contributed by atoms with E-state index < -0.39 is 4.46 Å². The van der Waals surface area contributed by atoms with E-state index in [-0.39, 0.29) is 0 Å². The minimum atomic E-state index is -2.03. The summed E-state index contributed by atoms with van der Waals surface area (Å²) in [5.74, 6) is 0. The van der Waals surface area contributed by atoms with Crippen molar-refractivity contribution in [3.8, 4) is 0 Å². The molecule has 0 nitrogen and oxygen atoms in total. The summed E-state index contributed by atoms with van der Waals surface area (Å²) in [4.78, 5) is 0. The lowest BCUT2D eigenvalue weighted by atomic mass is 10.7. The lowest BCUT2D eigenvalue weighted by molar-refractivity contribution is 0.476. The largest absolute Gasteiger partial charge is 0.245 e. The highest BCUT2D eigenvalue weighted by Gasteiger charge is 2.11. The van der Waals surface area contributed by atoms with Crippen molar-refractivity contribution in [3.05, 3.63) is 12.7 Å². The van der Waals surface area contributed by atoms with Crippen LogP contribution in [0, 0.1) is 0 Å². The van der Waals surface area contributed by atoms with E-state index in [2.05, 4.69) is 19.2 Å². The van der Waals surface area contributed by atoms with Crippen LogP contribution in [0.15, 0.2) is 12.7 Å². The van der Waals surface area contributed by atoms with Crippen LogP contribution in [0.5, 0.6) is 0 Å². The van der Waals surface area contributed by atoms with Crippen LogP contribution in [0.3, 0.4) is 0 Å². The van der Waals surface area contributed by atoms with Gasteiger partial charge in [0.15, 0.2) is 0 Å². The van der Waals surface area contributed by atoms with Gasteiger partial charge in [-0.15, -0.1) is 12.6 Å². The van der Waals surface area contributed by atoms with Crippen molar-refractivity contribution in [2.75, 3.05) is 0 Å². The van der Waals surface area contributed by atoms with E-state index in [1.165, 1.54) is 0 Å². The third kappa shape index (κ3) is 4.31. The van der Waals surface area contributed by atoms with Crippen molar-refractivity contribution in [1.29, 1.82) is 0 Å². The predicted molar refractivity (Wildman–Crippen MR) is 28.9 cm³/mol. The molecule has 0 amide bonds. The minimum absolute atomic E-state index is 0.900. The molecule has 0 aromatic heterocycles. The van der Waals surface area contributed by atoms with E-state index in [9.17, 15) is 4.39 Å². The third-order valence-corrected chi connectivity index (χ3v) is 0.582. The summed E-state index contributed by atoms with van der Waals surface area (Å²) < 4.78 is 9.60. The fraction of sp³-hybridized carbons (Fsp3) is 0.333. The molecule has 0 fully saturated rings. The van der Waals surface area contributed by atoms with Crippen molar-refractivity contribution < 1.29 is 4.39 Å². The number of thiol groups is 1.